The van der Waals surface area contributed by atoms with Gasteiger partial charge in [0.25, 0.3) is 0 Å². The molecule has 0 aromatic heterocycles. The first kappa shape index (κ1) is 19.2. The van der Waals surface area contributed by atoms with Crippen LogP contribution < -0.4 is 0 Å². The summed E-state index contributed by atoms with van der Waals surface area (Å²) in [5.74, 6) is 1.16. The van der Waals surface area contributed by atoms with Crippen molar-refractivity contribution in [2.24, 2.45) is 5.92 Å². The number of nitrogens with zero attached hydrogens (tertiary/aromatic N) is 2. The zero-order chi connectivity index (χ0) is 19.2. The topological polar surface area (TPSA) is 23.6 Å². The number of carbonyl (C=O) groups excluding carboxylic acids is 1. The first-order valence-electron chi connectivity index (χ1n) is 10.9. The van der Waals surface area contributed by atoms with E-state index in [1.54, 1.807) is 0 Å². The SMILES string of the molecule is O=C(CCC1CCCC1)N1CCN(C(c2ccccc2)c2ccccc2)CC1. The molecule has 0 N–H and O–H groups in total. The van der Waals surface area contributed by atoms with Crippen molar-refractivity contribution in [2.75, 3.05) is 26.2 Å². The fourth-order valence-corrected chi connectivity index (χ4v) is 4.90. The predicted octanol–water partition coefficient (Wildman–Crippen LogP) is 4.89. The Balaban J connectivity index is 1.38. The quantitative estimate of drug-likeness (QED) is 0.716. The summed E-state index contributed by atoms with van der Waals surface area (Å²) < 4.78 is 0. The van der Waals surface area contributed by atoms with Crippen molar-refractivity contribution in [1.29, 1.82) is 0 Å². The number of rotatable bonds is 6. The van der Waals surface area contributed by atoms with Crippen LogP contribution in [-0.2, 0) is 4.79 Å². The molecule has 0 unspecified atom stereocenters. The van der Waals surface area contributed by atoms with E-state index in [1.165, 1.54) is 36.8 Å². The number of benzene rings is 2. The molecular formula is C25H32N2O. The lowest BCUT2D eigenvalue weighted by atomic mass is 9.96. The summed E-state index contributed by atoms with van der Waals surface area (Å²) in [6, 6.07) is 21.8. The highest BCUT2D eigenvalue weighted by Crippen LogP contribution is 2.31. The Labute approximate surface area is 169 Å². The van der Waals surface area contributed by atoms with Gasteiger partial charge in [0.1, 0.15) is 0 Å². The van der Waals surface area contributed by atoms with Crippen LogP contribution in [0, 0.1) is 5.92 Å². The number of piperazine rings is 1. The van der Waals surface area contributed by atoms with Crippen LogP contribution in [0.15, 0.2) is 60.7 Å². The first-order chi connectivity index (χ1) is 13.8. The number of hydrogen-bond donors (Lipinski definition) is 0. The summed E-state index contributed by atoms with van der Waals surface area (Å²) in [5, 5.41) is 0. The molecule has 1 saturated heterocycles. The highest BCUT2D eigenvalue weighted by atomic mass is 16.2. The van der Waals surface area contributed by atoms with Crippen molar-refractivity contribution in [2.45, 2.75) is 44.6 Å². The molecule has 1 heterocycles. The molecule has 0 atom stereocenters. The predicted molar refractivity (Wildman–Crippen MR) is 114 cm³/mol. The van der Waals surface area contributed by atoms with E-state index in [0.29, 0.717) is 5.91 Å². The van der Waals surface area contributed by atoms with Crippen molar-refractivity contribution in [1.82, 2.24) is 9.80 Å². The second-order valence-corrected chi connectivity index (χ2v) is 8.33. The van der Waals surface area contributed by atoms with Gasteiger partial charge in [-0.05, 0) is 23.5 Å². The summed E-state index contributed by atoms with van der Waals surface area (Å²) in [5.41, 5.74) is 2.66. The minimum absolute atomic E-state index is 0.262. The van der Waals surface area contributed by atoms with E-state index in [-0.39, 0.29) is 6.04 Å². The Morgan fingerprint density at radius 1 is 0.821 bits per heavy atom. The van der Waals surface area contributed by atoms with Gasteiger partial charge in [-0.25, -0.2) is 0 Å². The van der Waals surface area contributed by atoms with Crippen LogP contribution in [0.2, 0.25) is 0 Å². The van der Waals surface area contributed by atoms with Gasteiger partial charge in [-0.3, -0.25) is 9.69 Å². The van der Waals surface area contributed by atoms with Gasteiger partial charge in [0.05, 0.1) is 6.04 Å². The maximum Gasteiger partial charge on any atom is 0.222 e. The van der Waals surface area contributed by atoms with Gasteiger partial charge in [0.15, 0.2) is 0 Å². The Hall–Kier alpha value is -2.13. The summed E-state index contributed by atoms with van der Waals surface area (Å²) >= 11 is 0. The van der Waals surface area contributed by atoms with E-state index < -0.39 is 0 Å². The van der Waals surface area contributed by atoms with Crippen molar-refractivity contribution >= 4 is 5.91 Å². The summed E-state index contributed by atoms with van der Waals surface area (Å²) in [6.07, 6.45) is 7.21. The molecule has 2 aromatic rings. The Bertz CT molecular complexity index is 692. The van der Waals surface area contributed by atoms with Gasteiger partial charge in [-0.15, -0.1) is 0 Å². The molecule has 1 aliphatic heterocycles. The molecule has 2 fully saturated rings. The van der Waals surface area contributed by atoms with Crippen LogP contribution in [0.1, 0.15) is 55.7 Å². The molecule has 148 valence electrons. The largest absolute Gasteiger partial charge is 0.340 e. The van der Waals surface area contributed by atoms with Crippen molar-refractivity contribution in [3.63, 3.8) is 0 Å². The van der Waals surface area contributed by atoms with Crippen LogP contribution in [0.4, 0.5) is 0 Å². The second-order valence-electron chi connectivity index (χ2n) is 8.33. The van der Waals surface area contributed by atoms with Crippen LogP contribution in [0.25, 0.3) is 0 Å². The van der Waals surface area contributed by atoms with Gasteiger partial charge < -0.3 is 4.90 Å². The fourth-order valence-electron chi connectivity index (χ4n) is 4.90. The molecule has 0 bridgehead atoms. The molecule has 3 heteroatoms. The van der Waals surface area contributed by atoms with Gasteiger partial charge in [0, 0.05) is 32.6 Å². The number of carbonyl (C=O) groups is 1. The molecule has 0 radical (unpaired) electrons. The van der Waals surface area contributed by atoms with Crippen LogP contribution >= 0.6 is 0 Å². The van der Waals surface area contributed by atoms with E-state index in [1.807, 2.05) is 0 Å². The molecule has 28 heavy (non-hydrogen) atoms. The highest BCUT2D eigenvalue weighted by Gasteiger charge is 2.28. The number of amides is 1. The van der Waals surface area contributed by atoms with Crippen LogP contribution in [0.3, 0.4) is 0 Å². The Morgan fingerprint density at radius 3 is 1.89 bits per heavy atom. The average molecular weight is 377 g/mol. The zero-order valence-corrected chi connectivity index (χ0v) is 16.8. The Morgan fingerprint density at radius 2 is 1.36 bits per heavy atom. The molecule has 1 saturated carbocycles. The summed E-state index contributed by atoms with van der Waals surface area (Å²) in [7, 11) is 0. The molecular weight excluding hydrogens is 344 g/mol. The van der Waals surface area contributed by atoms with Crippen molar-refractivity contribution < 1.29 is 4.79 Å². The van der Waals surface area contributed by atoms with E-state index in [4.69, 9.17) is 0 Å². The van der Waals surface area contributed by atoms with Gasteiger partial charge in [-0.1, -0.05) is 86.3 Å². The van der Waals surface area contributed by atoms with Gasteiger partial charge >= 0.3 is 0 Å². The minimum atomic E-state index is 0.262. The lowest BCUT2D eigenvalue weighted by Crippen LogP contribution is -2.49. The van der Waals surface area contributed by atoms with Gasteiger partial charge in [-0.2, -0.15) is 0 Å². The molecule has 3 nitrogen and oxygen atoms in total. The molecule has 0 spiro atoms. The summed E-state index contributed by atoms with van der Waals surface area (Å²) in [6.45, 7) is 3.56. The smallest absolute Gasteiger partial charge is 0.222 e. The monoisotopic (exact) mass is 376 g/mol. The lowest BCUT2D eigenvalue weighted by Gasteiger charge is -2.40. The second kappa shape index (κ2) is 9.38. The average Bonchev–Trinajstić information content (AvgIpc) is 3.28. The normalized spacial score (nSPS) is 18.7. The maximum atomic E-state index is 12.7. The molecule has 4 rings (SSSR count). The zero-order valence-electron chi connectivity index (χ0n) is 16.8. The first-order valence-corrected chi connectivity index (χ1v) is 10.9. The van der Waals surface area contributed by atoms with Crippen LogP contribution in [-0.4, -0.2) is 41.9 Å². The molecule has 2 aromatic carbocycles. The van der Waals surface area contributed by atoms with E-state index >= 15 is 0 Å². The van der Waals surface area contributed by atoms with Crippen LogP contribution in [0.5, 0.6) is 0 Å². The van der Waals surface area contributed by atoms with Gasteiger partial charge in [0.2, 0.25) is 5.91 Å². The third kappa shape index (κ3) is 4.64. The van der Waals surface area contributed by atoms with E-state index in [0.717, 1.165) is 44.9 Å². The number of hydrogen-bond acceptors (Lipinski definition) is 2. The molecule has 2 aliphatic rings. The van der Waals surface area contributed by atoms with Crippen molar-refractivity contribution in [3.8, 4) is 0 Å². The lowest BCUT2D eigenvalue weighted by molar-refractivity contribution is -0.133. The fraction of sp³-hybridized carbons (Fsp3) is 0.480. The highest BCUT2D eigenvalue weighted by molar-refractivity contribution is 5.76. The Kier molecular flexibility index (Phi) is 6.43. The molecule has 1 aliphatic carbocycles. The standard InChI is InChI=1S/C25H32N2O/c28-24(16-15-21-9-7-8-10-21)26-17-19-27(20-18-26)25(22-11-3-1-4-12-22)23-13-5-2-6-14-23/h1-6,11-14,21,25H,7-10,15-20H2. The molecule has 1 amide bonds. The van der Waals surface area contributed by atoms with Crippen molar-refractivity contribution in [3.05, 3.63) is 71.8 Å². The third-order valence-corrected chi connectivity index (χ3v) is 6.50. The summed E-state index contributed by atoms with van der Waals surface area (Å²) in [4.78, 5) is 17.3. The minimum Gasteiger partial charge on any atom is -0.340 e. The maximum absolute atomic E-state index is 12.7. The van der Waals surface area contributed by atoms with E-state index in [2.05, 4.69) is 70.5 Å². The third-order valence-electron chi connectivity index (χ3n) is 6.50. The van der Waals surface area contributed by atoms with E-state index in [9.17, 15) is 4.79 Å².